The van der Waals surface area contributed by atoms with Gasteiger partial charge in [-0.15, -0.1) is 0 Å². The van der Waals surface area contributed by atoms with Crippen molar-refractivity contribution in [2.45, 2.75) is 32.4 Å². The Morgan fingerprint density at radius 3 is 2.41 bits per heavy atom. The highest BCUT2D eigenvalue weighted by Crippen LogP contribution is 2.35. The average Bonchev–Trinajstić information content (AvgIpc) is 3.06. The molecule has 0 saturated heterocycles. The van der Waals surface area contributed by atoms with Crippen molar-refractivity contribution < 1.29 is 22.6 Å². The largest absolute Gasteiger partial charge is 0.493 e. The van der Waals surface area contributed by atoms with E-state index in [1.165, 1.54) is 14.2 Å². The molecule has 0 amide bonds. The number of aryl methyl sites for hydroxylation is 1. The summed E-state index contributed by atoms with van der Waals surface area (Å²) in [5, 5.41) is 4.10. The number of hydrogen-bond donors (Lipinski definition) is 0. The summed E-state index contributed by atoms with van der Waals surface area (Å²) in [7, 11) is 2.96. The summed E-state index contributed by atoms with van der Waals surface area (Å²) < 4.78 is 52.1. The van der Waals surface area contributed by atoms with Crippen LogP contribution < -0.4 is 9.47 Å². The van der Waals surface area contributed by atoms with Crippen molar-refractivity contribution in [2.24, 2.45) is 0 Å². The molecule has 2 heterocycles. The van der Waals surface area contributed by atoms with Gasteiger partial charge in [0, 0.05) is 11.6 Å². The third kappa shape index (κ3) is 3.84. The number of methoxy groups -OCH3 is 2. The molecule has 27 heavy (non-hydrogen) atoms. The van der Waals surface area contributed by atoms with Crippen molar-refractivity contribution in [3.8, 4) is 22.8 Å². The number of ether oxygens (including phenoxy) is 2. The third-order valence-corrected chi connectivity index (χ3v) is 4.23. The van der Waals surface area contributed by atoms with Crippen LogP contribution in [0.4, 0.5) is 13.2 Å². The van der Waals surface area contributed by atoms with Crippen molar-refractivity contribution in [3.05, 3.63) is 41.7 Å². The zero-order valence-electron chi connectivity index (χ0n) is 15.3. The van der Waals surface area contributed by atoms with Crippen molar-refractivity contribution in [1.29, 1.82) is 0 Å². The summed E-state index contributed by atoms with van der Waals surface area (Å²) in [5.74, 6) is 0.909. The van der Waals surface area contributed by atoms with E-state index in [0.717, 1.165) is 23.4 Å². The van der Waals surface area contributed by atoms with Gasteiger partial charge in [0.2, 0.25) is 0 Å². The molecule has 0 aliphatic heterocycles. The van der Waals surface area contributed by atoms with Crippen molar-refractivity contribution in [1.82, 2.24) is 14.6 Å². The number of halogens is 3. The van der Waals surface area contributed by atoms with Crippen LogP contribution in [0.3, 0.4) is 0 Å². The van der Waals surface area contributed by atoms with E-state index in [-0.39, 0.29) is 11.3 Å². The van der Waals surface area contributed by atoms with E-state index in [0.29, 0.717) is 29.2 Å². The maximum Gasteiger partial charge on any atom is 0.433 e. The quantitative estimate of drug-likeness (QED) is 0.619. The Balaban J connectivity index is 2.16. The molecule has 1 aromatic carbocycles. The lowest BCUT2D eigenvalue weighted by atomic mass is 10.1. The summed E-state index contributed by atoms with van der Waals surface area (Å²) in [6.07, 6.45) is -2.15. The first-order valence-electron chi connectivity index (χ1n) is 8.56. The fourth-order valence-corrected chi connectivity index (χ4v) is 2.85. The van der Waals surface area contributed by atoms with Crippen molar-refractivity contribution in [2.75, 3.05) is 14.2 Å². The number of unbranched alkanes of at least 4 members (excludes halogenated alkanes) is 1. The zero-order valence-corrected chi connectivity index (χ0v) is 15.3. The number of nitrogens with zero attached hydrogens (tertiary/aromatic N) is 3. The molecule has 3 rings (SSSR count). The molecule has 2 aromatic heterocycles. The Hall–Kier alpha value is -2.77. The maximum atomic E-state index is 13.6. The van der Waals surface area contributed by atoms with Crippen LogP contribution in [0.25, 0.3) is 16.9 Å². The highest BCUT2D eigenvalue weighted by Gasteiger charge is 2.35. The lowest BCUT2D eigenvalue weighted by Crippen LogP contribution is -2.13. The van der Waals surface area contributed by atoms with Crippen molar-refractivity contribution in [3.63, 3.8) is 0 Å². The van der Waals surface area contributed by atoms with E-state index in [2.05, 4.69) is 10.1 Å². The number of benzene rings is 1. The zero-order chi connectivity index (χ0) is 19.6. The summed E-state index contributed by atoms with van der Waals surface area (Å²) in [4.78, 5) is 4.38. The third-order valence-electron chi connectivity index (χ3n) is 4.23. The van der Waals surface area contributed by atoms with Crippen LogP contribution >= 0.6 is 0 Å². The van der Waals surface area contributed by atoms with Crippen LogP contribution in [-0.2, 0) is 12.6 Å². The van der Waals surface area contributed by atoms with Crippen LogP contribution in [-0.4, -0.2) is 28.8 Å². The maximum absolute atomic E-state index is 13.6. The standard InChI is InChI=1S/C19H20F3N3O2/c1-4-5-6-13-10-18-23-14(11-17(19(20,21)22)25(18)24-13)12-7-8-15(26-2)16(9-12)27-3/h7-11H,4-6H2,1-3H3. The number of hydrogen-bond acceptors (Lipinski definition) is 4. The second-order valence-electron chi connectivity index (χ2n) is 6.10. The monoisotopic (exact) mass is 379 g/mol. The average molecular weight is 379 g/mol. The molecule has 0 aliphatic carbocycles. The highest BCUT2D eigenvalue weighted by atomic mass is 19.4. The van der Waals surface area contributed by atoms with Crippen LogP contribution in [0.15, 0.2) is 30.3 Å². The molecular weight excluding hydrogens is 359 g/mol. The molecular formula is C19H20F3N3O2. The van der Waals surface area contributed by atoms with E-state index in [1.807, 2.05) is 6.92 Å². The van der Waals surface area contributed by atoms with Gasteiger partial charge in [-0.2, -0.15) is 18.3 Å². The second kappa shape index (κ2) is 7.46. The van der Waals surface area contributed by atoms with E-state index < -0.39 is 11.9 Å². The summed E-state index contributed by atoms with van der Waals surface area (Å²) in [6, 6.07) is 7.50. The predicted octanol–water partition coefficient (Wildman–Crippen LogP) is 4.77. The smallest absolute Gasteiger partial charge is 0.433 e. The Bertz CT molecular complexity index is 951. The van der Waals surface area contributed by atoms with Crippen LogP contribution in [0.5, 0.6) is 11.5 Å². The molecule has 0 N–H and O–H groups in total. The molecule has 0 unspecified atom stereocenters. The van der Waals surface area contributed by atoms with Gasteiger partial charge in [0.25, 0.3) is 0 Å². The summed E-state index contributed by atoms with van der Waals surface area (Å²) >= 11 is 0. The highest BCUT2D eigenvalue weighted by molar-refractivity contribution is 5.66. The van der Waals surface area contributed by atoms with Gasteiger partial charge in [-0.1, -0.05) is 13.3 Å². The molecule has 0 radical (unpaired) electrons. The minimum absolute atomic E-state index is 0.167. The minimum atomic E-state index is -4.56. The Kier molecular flexibility index (Phi) is 5.25. The Labute approximate surface area is 154 Å². The van der Waals surface area contributed by atoms with E-state index in [4.69, 9.17) is 9.47 Å². The molecule has 0 fully saturated rings. The van der Waals surface area contributed by atoms with E-state index >= 15 is 0 Å². The minimum Gasteiger partial charge on any atom is -0.493 e. The summed E-state index contributed by atoms with van der Waals surface area (Å²) in [5.41, 5.74) is 0.592. The van der Waals surface area contributed by atoms with Gasteiger partial charge in [-0.3, -0.25) is 0 Å². The first-order chi connectivity index (χ1) is 12.9. The fraction of sp³-hybridized carbons (Fsp3) is 0.368. The van der Waals surface area contributed by atoms with E-state index in [9.17, 15) is 13.2 Å². The lowest BCUT2D eigenvalue weighted by molar-refractivity contribution is -0.142. The molecule has 0 aliphatic rings. The second-order valence-corrected chi connectivity index (χ2v) is 6.10. The molecule has 0 saturated carbocycles. The van der Waals surface area contributed by atoms with Gasteiger partial charge in [0.05, 0.1) is 25.6 Å². The van der Waals surface area contributed by atoms with Crippen LogP contribution in [0.1, 0.15) is 31.2 Å². The van der Waals surface area contributed by atoms with Gasteiger partial charge in [0.1, 0.15) is 0 Å². The first kappa shape index (κ1) is 19.0. The van der Waals surface area contributed by atoms with Gasteiger partial charge in [-0.25, -0.2) is 9.50 Å². The fourth-order valence-electron chi connectivity index (χ4n) is 2.85. The molecule has 0 spiro atoms. The molecule has 5 nitrogen and oxygen atoms in total. The Morgan fingerprint density at radius 2 is 1.78 bits per heavy atom. The van der Waals surface area contributed by atoms with Gasteiger partial charge < -0.3 is 9.47 Å². The number of rotatable bonds is 6. The normalized spacial score (nSPS) is 11.8. The Morgan fingerprint density at radius 1 is 1.04 bits per heavy atom. The number of aromatic nitrogens is 3. The molecule has 8 heteroatoms. The molecule has 144 valence electrons. The van der Waals surface area contributed by atoms with Crippen LogP contribution in [0.2, 0.25) is 0 Å². The van der Waals surface area contributed by atoms with Gasteiger partial charge in [-0.05, 0) is 37.1 Å². The van der Waals surface area contributed by atoms with Gasteiger partial charge in [0.15, 0.2) is 22.8 Å². The van der Waals surface area contributed by atoms with E-state index in [1.54, 1.807) is 24.3 Å². The lowest BCUT2D eigenvalue weighted by Gasteiger charge is -2.12. The topological polar surface area (TPSA) is 48.7 Å². The van der Waals surface area contributed by atoms with Crippen molar-refractivity contribution >= 4 is 5.65 Å². The molecule has 3 aromatic rings. The number of fused-ring (bicyclic) bond motifs is 1. The SMILES string of the molecule is CCCCc1cc2nc(-c3ccc(OC)c(OC)c3)cc(C(F)(F)F)n2n1. The number of alkyl halides is 3. The van der Waals surface area contributed by atoms with Crippen LogP contribution in [0, 0.1) is 0 Å². The van der Waals surface area contributed by atoms with Gasteiger partial charge >= 0.3 is 6.18 Å². The predicted molar refractivity (Wildman–Crippen MR) is 95.1 cm³/mol. The first-order valence-corrected chi connectivity index (χ1v) is 8.56. The summed E-state index contributed by atoms with van der Waals surface area (Å²) in [6.45, 7) is 2.02. The molecule has 0 bridgehead atoms. The molecule has 0 atom stereocenters.